The minimum absolute atomic E-state index is 0.00797. The average molecular weight is 371 g/mol. The Balaban J connectivity index is 1.54. The van der Waals surface area contributed by atoms with Crippen LogP contribution in [0.5, 0.6) is 0 Å². The maximum Gasteiger partial charge on any atom is 0.437 e. The number of hydrogen-bond acceptors (Lipinski definition) is 7. The highest BCUT2D eigenvalue weighted by Crippen LogP contribution is 2.21. The van der Waals surface area contributed by atoms with E-state index in [1.54, 1.807) is 18.2 Å². The number of anilines is 1. The fraction of sp³-hybridized carbons (Fsp3) is 0.0625. The predicted octanol–water partition coefficient (Wildman–Crippen LogP) is 2.29. The van der Waals surface area contributed by atoms with Gasteiger partial charge in [0.05, 0.1) is 17.4 Å². The van der Waals surface area contributed by atoms with E-state index < -0.39 is 17.5 Å². The number of hydrogen-bond donors (Lipinski definition) is 1. The summed E-state index contributed by atoms with van der Waals surface area (Å²) in [6.45, 7) is -0.336. The zero-order valence-corrected chi connectivity index (χ0v) is 13.9. The minimum atomic E-state index is -0.784. The second kappa shape index (κ2) is 6.48. The van der Waals surface area contributed by atoms with Gasteiger partial charge < -0.3 is 9.73 Å². The molecule has 0 spiro atoms. The third-order valence-corrected chi connectivity index (χ3v) is 4.09. The van der Waals surface area contributed by atoms with Gasteiger partial charge in [-0.05, 0) is 36.4 Å². The van der Waals surface area contributed by atoms with Gasteiger partial charge in [-0.15, -0.1) is 5.10 Å². The highest BCUT2D eigenvalue weighted by Gasteiger charge is 2.15. The average Bonchev–Trinajstić information content (AvgIpc) is 3.23. The van der Waals surface area contributed by atoms with E-state index in [-0.39, 0.29) is 12.4 Å². The van der Waals surface area contributed by atoms with Crippen LogP contribution in [0.1, 0.15) is 0 Å². The topological polar surface area (TPSA) is 103 Å². The quantitative estimate of drug-likeness (QED) is 0.590. The summed E-state index contributed by atoms with van der Waals surface area (Å²) in [4.78, 5) is 24.1. The van der Waals surface area contributed by atoms with Crippen molar-refractivity contribution in [2.45, 2.75) is 6.54 Å². The number of halogens is 1. The number of nitrogens with zero attached hydrogens (tertiary/aromatic N) is 4. The van der Waals surface area contributed by atoms with Gasteiger partial charge in [-0.25, -0.2) is 9.18 Å². The molecule has 130 valence electrons. The van der Waals surface area contributed by atoms with E-state index in [0.717, 1.165) is 16.4 Å². The summed E-state index contributed by atoms with van der Waals surface area (Å²) in [6, 6.07) is 10.5. The molecule has 0 aliphatic carbocycles. The van der Waals surface area contributed by atoms with E-state index >= 15 is 0 Å². The monoisotopic (exact) mass is 371 g/mol. The summed E-state index contributed by atoms with van der Waals surface area (Å²) in [6.07, 6.45) is 0. The van der Waals surface area contributed by atoms with Crippen molar-refractivity contribution in [1.82, 2.24) is 18.5 Å². The van der Waals surface area contributed by atoms with Crippen molar-refractivity contribution in [2.24, 2.45) is 0 Å². The molecular weight excluding hydrogens is 361 g/mol. The lowest BCUT2D eigenvalue weighted by Crippen LogP contribution is -2.25. The molecule has 4 rings (SSSR count). The first-order valence-corrected chi connectivity index (χ1v) is 8.18. The largest absolute Gasteiger partial charge is 0.437 e. The minimum Gasteiger partial charge on any atom is -0.388 e. The molecule has 8 nitrogen and oxygen atoms in total. The van der Waals surface area contributed by atoms with Crippen LogP contribution in [0.2, 0.25) is 0 Å². The van der Waals surface area contributed by atoms with Crippen molar-refractivity contribution < 1.29 is 13.6 Å². The Labute approximate surface area is 149 Å². The smallest absolute Gasteiger partial charge is 0.388 e. The summed E-state index contributed by atoms with van der Waals surface area (Å²) in [5.74, 6) is -1.66. The van der Waals surface area contributed by atoms with Crippen molar-refractivity contribution in [1.29, 1.82) is 0 Å². The molecule has 0 atom stereocenters. The molecule has 0 bridgehead atoms. The molecule has 26 heavy (non-hydrogen) atoms. The molecule has 1 amide bonds. The molecule has 0 aliphatic rings. The van der Waals surface area contributed by atoms with Crippen LogP contribution in [0.4, 0.5) is 10.1 Å². The van der Waals surface area contributed by atoms with Crippen LogP contribution in [0.3, 0.4) is 0 Å². The van der Waals surface area contributed by atoms with E-state index in [2.05, 4.69) is 19.2 Å². The molecule has 4 aromatic rings. The summed E-state index contributed by atoms with van der Waals surface area (Å²) >= 11 is 1.04. The first-order chi connectivity index (χ1) is 12.6. The fourth-order valence-corrected chi connectivity index (χ4v) is 2.90. The molecule has 2 aromatic heterocycles. The van der Waals surface area contributed by atoms with Gasteiger partial charge in [-0.1, -0.05) is 6.07 Å². The second-order valence-electron chi connectivity index (χ2n) is 5.32. The maximum atomic E-state index is 13.0. The van der Waals surface area contributed by atoms with Gasteiger partial charge in [-0.3, -0.25) is 4.79 Å². The Hall–Kier alpha value is -3.40. The fourth-order valence-electron chi connectivity index (χ4n) is 2.35. The van der Waals surface area contributed by atoms with Gasteiger partial charge in [0.25, 0.3) is 0 Å². The van der Waals surface area contributed by atoms with E-state index in [9.17, 15) is 14.0 Å². The van der Waals surface area contributed by atoms with Crippen molar-refractivity contribution in [3.8, 4) is 11.5 Å². The predicted molar refractivity (Wildman–Crippen MR) is 92.2 cm³/mol. The van der Waals surface area contributed by atoms with Gasteiger partial charge in [0.1, 0.15) is 23.4 Å². The third-order valence-electron chi connectivity index (χ3n) is 3.55. The molecule has 10 heteroatoms. The van der Waals surface area contributed by atoms with Gasteiger partial charge >= 0.3 is 5.76 Å². The maximum absolute atomic E-state index is 13.0. The van der Waals surface area contributed by atoms with Crippen LogP contribution in [0.25, 0.3) is 22.5 Å². The number of carbonyl (C=O) groups excluding carboxylic acids is 1. The first-order valence-electron chi connectivity index (χ1n) is 7.45. The molecule has 2 heterocycles. The van der Waals surface area contributed by atoms with Crippen molar-refractivity contribution >= 4 is 34.4 Å². The van der Waals surface area contributed by atoms with Crippen LogP contribution in [0.15, 0.2) is 51.7 Å². The molecule has 1 N–H and O–H groups in total. The highest BCUT2D eigenvalue weighted by atomic mass is 32.1. The van der Waals surface area contributed by atoms with E-state index in [1.807, 2.05) is 0 Å². The summed E-state index contributed by atoms with van der Waals surface area (Å²) in [5, 5.41) is 6.65. The molecule has 0 fully saturated rings. The zero-order valence-electron chi connectivity index (χ0n) is 13.0. The standard InChI is InChI=1S/C16H10FN5O3S/c17-10-6-4-9(5-7-10)15-19-22(16(24)25-15)8-13(23)18-11-2-1-3-12-14(11)21-26-20-12/h1-7H,8H2,(H,18,23). The first kappa shape index (κ1) is 16.1. The zero-order chi connectivity index (χ0) is 18.1. The van der Waals surface area contributed by atoms with Crippen molar-refractivity contribution in [3.05, 3.63) is 58.8 Å². The molecule has 0 unspecified atom stereocenters. The molecule has 0 saturated heterocycles. The van der Waals surface area contributed by atoms with E-state index in [1.165, 1.54) is 24.3 Å². The number of fused-ring (bicyclic) bond motifs is 1. The normalized spacial score (nSPS) is 11.0. The third kappa shape index (κ3) is 3.09. The van der Waals surface area contributed by atoms with Crippen LogP contribution in [0, 0.1) is 5.82 Å². The second-order valence-corrected chi connectivity index (χ2v) is 5.85. The summed E-state index contributed by atoms with van der Waals surface area (Å²) < 4.78 is 27.1. The Morgan fingerprint density at radius 1 is 1.19 bits per heavy atom. The number of amides is 1. The van der Waals surface area contributed by atoms with Gasteiger partial charge in [0.2, 0.25) is 11.8 Å². The van der Waals surface area contributed by atoms with Gasteiger partial charge in [-0.2, -0.15) is 13.4 Å². The van der Waals surface area contributed by atoms with E-state index in [4.69, 9.17) is 4.42 Å². The molecule has 0 aliphatic heterocycles. The highest BCUT2D eigenvalue weighted by molar-refractivity contribution is 7.00. The Kier molecular flexibility index (Phi) is 4.01. The van der Waals surface area contributed by atoms with Crippen LogP contribution < -0.4 is 11.1 Å². The lowest BCUT2D eigenvalue weighted by molar-refractivity contribution is -0.117. The van der Waals surface area contributed by atoms with Crippen molar-refractivity contribution in [3.63, 3.8) is 0 Å². The van der Waals surface area contributed by atoms with Crippen LogP contribution in [-0.4, -0.2) is 24.4 Å². The lowest BCUT2D eigenvalue weighted by Gasteiger charge is -2.04. The number of aromatic nitrogens is 4. The van der Waals surface area contributed by atoms with Crippen LogP contribution >= 0.6 is 11.7 Å². The lowest BCUT2D eigenvalue weighted by atomic mass is 10.2. The van der Waals surface area contributed by atoms with Gasteiger partial charge in [0, 0.05) is 5.56 Å². The molecule has 0 saturated carbocycles. The number of rotatable bonds is 4. The summed E-state index contributed by atoms with van der Waals surface area (Å²) in [7, 11) is 0. The SMILES string of the molecule is O=C(Cn1nc(-c2ccc(F)cc2)oc1=O)Nc1cccc2nsnc12. The molecule has 2 aromatic carbocycles. The number of nitrogens with one attached hydrogen (secondary N) is 1. The molecular formula is C16H10FN5O3S. The van der Waals surface area contributed by atoms with Gasteiger partial charge in [0.15, 0.2) is 0 Å². The number of benzene rings is 2. The van der Waals surface area contributed by atoms with E-state index in [0.29, 0.717) is 22.3 Å². The van der Waals surface area contributed by atoms with Crippen molar-refractivity contribution in [2.75, 3.05) is 5.32 Å². The van der Waals surface area contributed by atoms with Crippen LogP contribution in [-0.2, 0) is 11.3 Å². The Bertz CT molecular complexity index is 1150. The Morgan fingerprint density at radius 3 is 2.81 bits per heavy atom. The molecule has 0 radical (unpaired) electrons. The summed E-state index contributed by atoms with van der Waals surface area (Å²) in [5.41, 5.74) is 2.17. The number of carbonyl (C=O) groups is 1. The Morgan fingerprint density at radius 2 is 2.00 bits per heavy atom.